The predicted octanol–water partition coefficient (Wildman–Crippen LogP) is 3.60. The average molecular weight is 431 g/mol. The molecule has 0 bridgehead atoms. The fourth-order valence-corrected chi connectivity index (χ4v) is 3.63. The monoisotopic (exact) mass is 430 g/mol. The Labute approximate surface area is 179 Å². The number of aryl methyl sites for hydroxylation is 1. The maximum Gasteiger partial charge on any atom is 0.514 e. The first-order chi connectivity index (χ1) is 14.4. The number of benzene rings is 2. The number of hydrogen-bond donors (Lipinski definition) is 2. The third kappa shape index (κ3) is 4.93. The summed E-state index contributed by atoms with van der Waals surface area (Å²) in [5.74, 6) is -0.00920. The number of hydrogen-bond acceptors (Lipinski definition) is 6. The zero-order valence-electron chi connectivity index (χ0n) is 16.3. The van der Waals surface area contributed by atoms with Gasteiger partial charge in [0.25, 0.3) is 0 Å². The highest BCUT2D eigenvalue weighted by Gasteiger charge is 2.29. The van der Waals surface area contributed by atoms with Crippen LogP contribution in [0.15, 0.2) is 49.1 Å². The number of amides is 1. The van der Waals surface area contributed by atoms with Crippen molar-refractivity contribution in [2.24, 2.45) is 5.73 Å². The molecular weight excluding hydrogens is 408 g/mol. The second kappa shape index (κ2) is 9.65. The summed E-state index contributed by atoms with van der Waals surface area (Å²) in [6, 6.07) is 9.03. The quantitative estimate of drug-likeness (QED) is 0.412. The number of anilines is 1. The van der Waals surface area contributed by atoms with Gasteiger partial charge in [0, 0.05) is 11.6 Å². The van der Waals surface area contributed by atoms with Crippen LogP contribution >= 0.6 is 11.6 Å². The van der Waals surface area contributed by atoms with Crippen molar-refractivity contribution in [2.75, 3.05) is 18.1 Å². The minimum atomic E-state index is -0.867. The largest absolute Gasteiger partial charge is 0.514 e. The Hall–Kier alpha value is -3.03. The lowest BCUT2D eigenvalue weighted by molar-refractivity contribution is -0.119. The number of phenolic OH excluding ortho intramolecular Hbond substituents is 1. The Bertz CT molecular complexity index is 963. The van der Waals surface area contributed by atoms with Crippen molar-refractivity contribution in [3.05, 3.63) is 65.2 Å². The van der Waals surface area contributed by atoms with Crippen LogP contribution in [0.3, 0.4) is 0 Å². The Morgan fingerprint density at radius 1 is 1.33 bits per heavy atom. The first-order valence-corrected chi connectivity index (χ1v) is 9.90. The fourth-order valence-electron chi connectivity index (χ4n) is 3.39. The number of ether oxygens (including phenoxy) is 2. The van der Waals surface area contributed by atoms with Gasteiger partial charge < -0.3 is 25.2 Å². The number of fused-ring (bicyclic) bond motifs is 1. The van der Waals surface area contributed by atoms with Gasteiger partial charge in [-0.3, -0.25) is 4.79 Å². The molecule has 7 nitrogen and oxygen atoms in total. The molecule has 3 rings (SSSR count). The third-order valence-corrected chi connectivity index (χ3v) is 5.12. The van der Waals surface area contributed by atoms with Gasteiger partial charge in [-0.15, -0.1) is 0 Å². The highest BCUT2D eigenvalue weighted by Crippen LogP contribution is 2.36. The molecule has 30 heavy (non-hydrogen) atoms. The molecule has 1 aliphatic heterocycles. The smallest absolute Gasteiger partial charge is 0.506 e. The molecule has 2 aromatic rings. The standard InChI is InChI=1S/C22H23ClN2O5/c1-2-11-29-22(28)30-16-9-8-15(17(23)13-16)12-18(24)21(27)25-10-4-6-14-5-3-7-19(26)20(14)25/h2-3,5,7-9,13,18,26H,1,4,6,10-12,24H2. The van der Waals surface area contributed by atoms with E-state index in [0.717, 1.165) is 18.4 Å². The van der Waals surface area contributed by atoms with Gasteiger partial charge in [-0.05, 0) is 48.6 Å². The van der Waals surface area contributed by atoms with Crippen LogP contribution in [0.5, 0.6) is 11.5 Å². The number of nitrogens with zero attached hydrogens (tertiary/aromatic N) is 1. The van der Waals surface area contributed by atoms with Crippen molar-refractivity contribution in [3.8, 4) is 11.5 Å². The predicted molar refractivity (Wildman–Crippen MR) is 114 cm³/mol. The van der Waals surface area contributed by atoms with Crippen molar-refractivity contribution in [3.63, 3.8) is 0 Å². The summed E-state index contributed by atoms with van der Waals surface area (Å²) in [7, 11) is 0. The molecule has 0 saturated carbocycles. The van der Waals surface area contributed by atoms with Crippen LogP contribution in [0.25, 0.3) is 0 Å². The molecule has 0 aliphatic carbocycles. The van der Waals surface area contributed by atoms with Crippen LogP contribution in [-0.4, -0.2) is 36.4 Å². The maximum absolute atomic E-state index is 13.0. The highest BCUT2D eigenvalue weighted by molar-refractivity contribution is 6.31. The molecule has 158 valence electrons. The number of carbonyl (C=O) groups is 2. The summed E-state index contributed by atoms with van der Waals surface area (Å²) in [4.78, 5) is 26.0. The molecule has 0 saturated heterocycles. The zero-order chi connectivity index (χ0) is 21.7. The second-order valence-corrected chi connectivity index (χ2v) is 7.30. The van der Waals surface area contributed by atoms with Crippen molar-refractivity contribution in [2.45, 2.75) is 25.3 Å². The average Bonchev–Trinajstić information content (AvgIpc) is 2.73. The van der Waals surface area contributed by atoms with Gasteiger partial charge in [0.15, 0.2) is 0 Å². The molecule has 1 amide bonds. The van der Waals surface area contributed by atoms with E-state index in [4.69, 9.17) is 26.8 Å². The van der Waals surface area contributed by atoms with Gasteiger partial charge in [0.05, 0.1) is 11.7 Å². The van der Waals surface area contributed by atoms with Crippen molar-refractivity contribution in [1.82, 2.24) is 0 Å². The molecule has 1 unspecified atom stereocenters. The molecule has 1 atom stereocenters. The van der Waals surface area contributed by atoms with Crippen molar-refractivity contribution in [1.29, 1.82) is 0 Å². The number of aromatic hydroxyl groups is 1. The van der Waals surface area contributed by atoms with E-state index in [1.807, 2.05) is 6.07 Å². The van der Waals surface area contributed by atoms with E-state index in [2.05, 4.69) is 6.58 Å². The van der Waals surface area contributed by atoms with Gasteiger partial charge >= 0.3 is 6.16 Å². The van der Waals surface area contributed by atoms with E-state index < -0.39 is 12.2 Å². The second-order valence-electron chi connectivity index (χ2n) is 6.89. The van der Waals surface area contributed by atoms with E-state index in [1.165, 1.54) is 12.1 Å². The van der Waals surface area contributed by atoms with Crippen LogP contribution in [0.4, 0.5) is 10.5 Å². The molecule has 0 fully saturated rings. The molecule has 8 heteroatoms. The van der Waals surface area contributed by atoms with Gasteiger partial charge in [-0.2, -0.15) is 0 Å². The number of phenols is 1. The molecule has 0 aromatic heterocycles. The Morgan fingerprint density at radius 2 is 2.13 bits per heavy atom. The van der Waals surface area contributed by atoms with E-state index >= 15 is 0 Å². The molecular formula is C22H23ClN2O5. The summed E-state index contributed by atoms with van der Waals surface area (Å²) < 4.78 is 9.78. The highest BCUT2D eigenvalue weighted by atomic mass is 35.5. The van der Waals surface area contributed by atoms with Crippen LogP contribution in [-0.2, 0) is 22.4 Å². The molecule has 1 aliphatic rings. The first kappa shape index (κ1) is 21.7. The van der Waals surface area contributed by atoms with Crippen LogP contribution in [0.2, 0.25) is 5.02 Å². The van der Waals surface area contributed by atoms with Crippen molar-refractivity contribution < 1.29 is 24.2 Å². The maximum atomic E-state index is 13.0. The first-order valence-electron chi connectivity index (χ1n) is 9.52. The number of rotatable bonds is 6. The number of halogens is 1. The Balaban J connectivity index is 1.69. The minimum absolute atomic E-state index is 0.0385. The topological polar surface area (TPSA) is 102 Å². The normalized spacial score (nSPS) is 13.9. The summed E-state index contributed by atoms with van der Waals surface area (Å²) >= 11 is 6.29. The van der Waals surface area contributed by atoms with Crippen LogP contribution in [0.1, 0.15) is 17.5 Å². The number of carbonyl (C=O) groups excluding carboxylic acids is 2. The molecule has 1 heterocycles. The van der Waals surface area contributed by atoms with Crippen LogP contribution < -0.4 is 15.4 Å². The van der Waals surface area contributed by atoms with Gasteiger partial charge in [-0.1, -0.05) is 42.5 Å². The summed E-state index contributed by atoms with van der Waals surface area (Å²) in [5, 5.41) is 10.5. The van der Waals surface area contributed by atoms with E-state index in [0.29, 0.717) is 22.8 Å². The zero-order valence-corrected chi connectivity index (χ0v) is 17.1. The summed E-state index contributed by atoms with van der Waals surface area (Å²) in [6.07, 6.45) is 2.35. The van der Waals surface area contributed by atoms with Gasteiger partial charge in [-0.25, -0.2) is 4.79 Å². The lowest BCUT2D eigenvalue weighted by Crippen LogP contribution is -2.47. The summed E-state index contributed by atoms with van der Waals surface area (Å²) in [5.41, 5.74) is 8.27. The lowest BCUT2D eigenvalue weighted by Gasteiger charge is -2.32. The molecule has 2 aromatic carbocycles. The summed E-state index contributed by atoms with van der Waals surface area (Å²) in [6.45, 7) is 3.98. The van der Waals surface area contributed by atoms with Crippen LogP contribution in [0, 0.1) is 0 Å². The third-order valence-electron chi connectivity index (χ3n) is 4.76. The van der Waals surface area contributed by atoms with Crippen molar-refractivity contribution >= 4 is 29.4 Å². The van der Waals surface area contributed by atoms with Gasteiger partial charge in [0.2, 0.25) is 5.91 Å². The Morgan fingerprint density at radius 3 is 2.87 bits per heavy atom. The fraction of sp³-hybridized carbons (Fsp3) is 0.273. The van der Waals surface area contributed by atoms with Gasteiger partial charge in [0.1, 0.15) is 18.1 Å². The number of nitrogens with two attached hydrogens (primary N) is 1. The number of para-hydroxylation sites is 1. The lowest BCUT2D eigenvalue weighted by atomic mass is 9.98. The molecule has 0 radical (unpaired) electrons. The van der Waals surface area contributed by atoms with E-state index in [1.54, 1.807) is 29.2 Å². The Kier molecular flexibility index (Phi) is 6.97. The minimum Gasteiger partial charge on any atom is -0.506 e. The molecule has 3 N–H and O–H groups in total. The van der Waals surface area contributed by atoms with E-state index in [-0.39, 0.29) is 30.4 Å². The van der Waals surface area contributed by atoms with E-state index in [9.17, 15) is 14.7 Å². The molecule has 0 spiro atoms. The SMILES string of the molecule is C=CCOC(=O)Oc1ccc(CC(N)C(=O)N2CCCc3cccc(O)c32)c(Cl)c1.